The lowest BCUT2D eigenvalue weighted by Gasteiger charge is -2.05. The topological polar surface area (TPSA) is 74.0 Å². The molecule has 0 saturated carbocycles. The van der Waals surface area contributed by atoms with E-state index in [2.05, 4.69) is 31.4 Å². The molecule has 0 aliphatic carbocycles. The van der Waals surface area contributed by atoms with E-state index in [1.165, 1.54) is 24.9 Å². The SMILES string of the molecule is COCn1cc(NC(=O)CCn2nc(C(F)(F)F)c(Br)c2C)cn1. The average molecular weight is 410 g/mol. The molecule has 24 heavy (non-hydrogen) atoms. The molecule has 1 N–H and O–H groups in total. The van der Waals surface area contributed by atoms with E-state index in [9.17, 15) is 18.0 Å². The quantitative estimate of drug-likeness (QED) is 0.795. The summed E-state index contributed by atoms with van der Waals surface area (Å²) in [5.74, 6) is -0.355. The number of carbonyl (C=O) groups is 1. The first-order valence-corrected chi connectivity index (χ1v) is 7.63. The molecule has 0 spiro atoms. The van der Waals surface area contributed by atoms with E-state index in [0.29, 0.717) is 11.4 Å². The van der Waals surface area contributed by atoms with Crippen molar-refractivity contribution in [1.82, 2.24) is 19.6 Å². The van der Waals surface area contributed by atoms with E-state index in [-0.39, 0.29) is 30.1 Å². The highest BCUT2D eigenvalue weighted by Gasteiger charge is 2.37. The lowest BCUT2D eigenvalue weighted by Crippen LogP contribution is -2.16. The Bertz CT molecular complexity index is 726. The van der Waals surface area contributed by atoms with Crippen molar-refractivity contribution in [3.05, 3.63) is 28.3 Å². The summed E-state index contributed by atoms with van der Waals surface area (Å²) in [7, 11) is 1.51. The van der Waals surface area contributed by atoms with Gasteiger partial charge in [-0.2, -0.15) is 23.4 Å². The van der Waals surface area contributed by atoms with Crippen LogP contribution in [0.15, 0.2) is 16.9 Å². The van der Waals surface area contributed by atoms with Crippen LogP contribution in [0, 0.1) is 6.92 Å². The number of methoxy groups -OCH3 is 1. The zero-order chi connectivity index (χ0) is 17.9. The number of nitrogens with one attached hydrogen (secondary N) is 1. The molecule has 0 saturated heterocycles. The molecule has 11 heteroatoms. The van der Waals surface area contributed by atoms with Crippen molar-refractivity contribution in [2.45, 2.75) is 32.8 Å². The number of alkyl halides is 3. The van der Waals surface area contributed by atoms with E-state index >= 15 is 0 Å². The molecule has 0 atom stereocenters. The van der Waals surface area contributed by atoms with Gasteiger partial charge in [0.15, 0.2) is 5.69 Å². The van der Waals surface area contributed by atoms with Gasteiger partial charge >= 0.3 is 6.18 Å². The number of hydrogen-bond acceptors (Lipinski definition) is 4. The van der Waals surface area contributed by atoms with Crippen LogP contribution in [-0.4, -0.2) is 32.6 Å². The van der Waals surface area contributed by atoms with Crippen LogP contribution in [0.5, 0.6) is 0 Å². The smallest absolute Gasteiger partial charge is 0.362 e. The van der Waals surface area contributed by atoms with Crippen molar-refractivity contribution in [2.75, 3.05) is 12.4 Å². The minimum Gasteiger partial charge on any atom is -0.362 e. The van der Waals surface area contributed by atoms with Gasteiger partial charge in [-0.15, -0.1) is 0 Å². The van der Waals surface area contributed by atoms with Gasteiger partial charge in [0, 0.05) is 13.5 Å². The molecule has 0 aliphatic heterocycles. The van der Waals surface area contributed by atoms with Crippen LogP contribution >= 0.6 is 15.9 Å². The van der Waals surface area contributed by atoms with Crippen molar-refractivity contribution < 1.29 is 22.7 Å². The minimum absolute atomic E-state index is 0.0261. The first kappa shape index (κ1) is 18.5. The monoisotopic (exact) mass is 409 g/mol. The van der Waals surface area contributed by atoms with E-state index in [1.54, 1.807) is 6.20 Å². The summed E-state index contributed by atoms with van der Waals surface area (Å²) in [6.07, 6.45) is -1.54. The Morgan fingerprint density at radius 2 is 2.17 bits per heavy atom. The molecule has 0 unspecified atom stereocenters. The molecule has 0 bridgehead atoms. The van der Waals surface area contributed by atoms with Crippen LogP contribution in [-0.2, 0) is 29.0 Å². The normalized spacial score (nSPS) is 11.8. The predicted molar refractivity (Wildman–Crippen MR) is 82.1 cm³/mol. The molecule has 1 amide bonds. The van der Waals surface area contributed by atoms with Crippen LogP contribution in [0.1, 0.15) is 17.8 Å². The second-order valence-electron chi connectivity index (χ2n) is 4.95. The fraction of sp³-hybridized carbons (Fsp3) is 0.462. The van der Waals surface area contributed by atoms with Gasteiger partial charge < -0.3 is 10.1 Å². The Morgan fingerprint density at radius 3 is 2.75 bits per heavy atom. The van der Waals surface area contributed by atoms with E-state index < -0.39 is 11.9 Å². The molecule has 2 aromatic heterocycles. The number of aryl methyl sites for hydroxylation is 1. The standard InChI is InChI=1S/C13H15BrF3N5O2/c1-8-11(14)12(13(15,16)17)20-22(8)4-3-10(23)19-9-5-18-21(6-9)7-24-2/h5-6H,3-4,7H2,1-2H3,(H,19,23). The molecular formula is C13H15BrF3N5O2. The maximum absolute atomic E-state index is 12.8. The Hall–Kier alpha value is -1.88. The zero-order valence-corrected chi connectivity index (χ0v) is 14.5. The Balaban J connectivity index is 1.96. The number of halogens is 4. The third kappa shape index (κ3) is 4.35. The number of amides is 1. The van der Waals surface area contributed by atoms with Crippen LogP contribution < -0.4 is 5.32 Å². The molecule has 0 aliphatic rings. The molecule has 0 aromatic carbocycles. The molecule has 2 rings (SSSR count). The summed E-state index contributed by atoms with van der Waals surface area (Å²) in [4.78, 5) is 11.9. The van der Waals surface area contributed by atoms with Gasteiger partial charge in [0.1, 0.15) is 6.73 Å². The fourth-order valence-electron chi connectivity index (χ4n) is 1.99. The van der Waals surface area contributed by atoms with Crippen molar-refractivity contribution in [1.29, 1.82) is 0 Å². The van der Waals surface area contributed by atoms with E-state index in [4.69, 9.17) is 4.74 Å². The van der Waals surface area contributed by atoms with Crippen molar-refractivity contribution in [2.24, 2.45) is 0 Å². The summed E-state index contributed by atoms with van der Waals surface area (Å²) in [6.45, 7) is 1.77. The van der Waals surface area contributed by atoms with Crippen LogP contribution in [0.25, 0.3) is 0 Å². The number of rotatable bonds is 6. The maximum atomic E-state index is 12.8. The van der Waals surface area contributed by atoms with Gasteiger partial charge in [-0.1, -0.05) is 0 Å². The summed E-state index contributed by atoms with van der Waals surface area (Å²) in [6, 6.07) is 0. The second kappa shape index (κ2) is 7.34. The third-order valence-electron chi connectivity index (χ3n) is 3.13. The van der Waals surface area contributed by atoms with Gasteiger partial charge in [-0.25, -0.2) is 4.68 Å². The predicted octanol–water partition coefficient (Wildman–Crippen LogP) is 2.80. The fourth-order valence-corrected chi connectivity index (χ4v) is 2.49. The lowest BCUT2D eigenvalue weighted by molar-refractivity contribution is -0.142. The lowest BCUT2D eigenvalue weighted by atomic mass is 10.3. The second-order valence-corrected chi connectivity index (χ2v) is 5.75. The highest BCUT2D eigenvalue weighted by molar-refractivity contribution is 9.10. The molecule has 7 nitrogen and oxygen atoms in total. The Labute approximate surface area is 143 Å². The van der Waals surface area contributed by atoms with Gasteiger partial charge in [0.25, 0.3) is 0 Å². The molecular weight excluding hydrogens is 395 g/mol. The van der Waals surface area contributed by atoms with Crippen molar-refractivity contribution in [3.8, 4) is 0 Å². The minimum atomic E-state index is -4.55. The van der Waals surface area contributed by atoms with Crippen LogP contribution in [0.3, 0.4) is 0 Å². The van der Waals surface area contributed by atoms with Gasteiger partial charge in [-0.3, -0.25) is 9.48 Å². The highest BCUT2D eigenvalue weighted by Crippen LogP contribution is 2.35. The highest BCUT2D eigenvalue weighted by atomic mass is 79.9. The summed E-state index contributed by atoms with van der Waals surface area (Å²) in [5.41, 5.74) is -0.212. The number of aromatic nitrogens is 4. The molecule has 0 radical (unpaired) electrons. The Morgan fingerprint density at radius 1 is 1.46 bits per heavy atom. The molecule has 132 valence electrons. The van der Waals surface area contributed by atoms with Crippen molar-refractivity contribution in [3.63, 3.8) is 0 Å². The molecule has 2 heterocycles. The van der Waals surface area contributed by atoms with Crippen LogP contribution in [0.4, 0.5) is 18.9 Å². The molecule has 0 fully saturated rings. The average Bonchev–Trinajstić information content (AvgIpc) is 3.03. The van der Waals surface area contributed by atoms with Crippen LogP contribution in [0.2, 0.25) is 0 Å². The summed E-state index contributed by atoms with van der Waals surface area (Å²) >= 11 is 2.89. The number of ether oxygens (including phenoxy) is 1. The number of carbonyl (C=O) groups excluding carboxylic acids is 1. The van der Waals surface area contributed by atoms with Gasteiger partial charge in [0.2, 0.25) is 5.91 Å². The molecule has 2 aromatic rings. The Kier molecular flexibility index (Phi) is 5.65. The van der Waals surface area contributed by atoms with Crippen molar-refractivity contribution >= 4 is 27.5 Å². The summed E-state index contributed by atoms with van der Waals surface area (Å²) in [5, 5.41) is 10.1. The third-order valence-corrected chi connectivity index (χ3v) is 4.08. The largest absolute Gasteiger partial charge is 0.436 e. The first-order chi connectivity index (χ1) is 11.2. The van der Waals surface area contributed by atoms with E-state index in [1.807, 2.05) is 0 Å². The van der Waals surface area contributed by atoms with E-state index in [0.717, 1.165) is 4.68 Å². The zero-order valence-electron chi connectivity index (χ0n) is 12.9. The first-order valence-electron chi connectivity index (χ1n) is 6.83. The summed E-state index contributed by atoms with van der Waals surface area (Å²) < 4.78 is 45.8. The number of anilines is 1. The number of nitrogens with zero attached hydrogens (tertiary/aromatic N) is 4. The van der Waals surface area contributed by atoms with Gasteiger partial charge in [-0.05, 0) is 22.9 Å². The van der Waals surface area contributed by atoms with Gasteiger partial charge in [0.05, 0.1) is 34.8 Å². The number of hydrogen-bond donors (Lipinski definition) is 1. The maximum Gasteiger partial charge on any atom is 0.436 e.